The van der Waals surface area contributed by atoms with E-state index in [2.05, 4.69) is 4.98 Å². The van der Waals surface area contributed by atoms with E-state index in [1.54, 1.807) is 0 Å². The fraction of sp³-hybridized carbons (Fsp3) is 0.154. The van der Waals surface area contributed by atoms with Gasteiger partial charge in [0.05, 0.1) is 22.9 Å². The van der Waals surface area contributed by atoms with Crippen LogP contribution in [0.2, 0.25) is 0 Å². The lowest BCUT2D eigenvalue weighted by Crippen LogP contribution is -2.05. The zero-order valence-electron chi connectivity index (χ0n) is 11.6. The molecule has 0 aliphatic carbocycles. The van der Waals surface area contributed by atoms with E-state index in [0.29, 0.717) is 0 Å². The molecule has 2 rings (SSSR count). The van der Waals surface area contributed by atoms with Gasteiger partial charge < -0.3 is 10.5 Å². The van der Waals surface area contributed by atoms with Gasteiger partial charge in [0.2, 0.25) is 0 Å². The standard InChI is InChI=1S/C13H13N3O5S/c1-2-22(19,20)13-6-4-10(8-15-13)21-9-3-5-11(14)12(7-9)16(17)18/h3-8H,2,14H2,1H3. The van der Waals surface area contributed by atoms with Gasteiger partial charge in [-0.1, -0.05) is 6.92 Å². The first-order chi connectivity index (χ1) is 10.3. The van der Waals surface area contributed by atoms with Crippen LogP contribution in [0.1, 0.15) is 6.92 Å². The number of hydrogen-bond acceptors (Lipinski definition) is 7. The molecule has 0 amide bonds. The molecule has 1 heterocycles. The minimum atomic E-state index is -3.38. The van der Waals surface area contributed by atoms with Crippen LogP contribution in [0.3, 0.4) is 0 Å². The summed E-state index contributed by atoms with van der Waals surface area (Å²) in [7, 11) is -3.38. The van der Waals surface area contributed by atoms with Gasteiger partial charge in [0.15, 0.2) is 14.9 Å². The van der Waals surface area contributed by atoms with Crippen LogP contribution in [0, 0.1) is 10.1 Å². The first-order valence-corrected chi connectivity index (χ1v) is 7.89. The highest BCUT2D eigenvalue weighted by atomic mass is 32.2. The number of pyridine rings is 1. The Labute approximate surface area is 126 Å². The van der Waals surface area contributed by atoms with Gasteiger partial charge in [-0.05, 0) is 24.3 Å². The van der Waals surface area contributed by atoms with E-state index in [4.69, 9.17) is 10.5 Å². The molecule has 2 N–H and O–H groups in total. The second-order valence-corrected chi connectivity index (χ2v) is 6.54. The Morgan fingerprint density at radius 1 is 1.27 bits per heavy atom. The molecule has 0 atom stereocenters. The number of ether oxygens (including phenoxy) is 1. The van der Waals surface area contributed by atoms with E-state index in [-0.39, 0.29) is 33.7 Å². The molecule has 1 aromatic carbocycles. The van der Waals surface area contributed by atoms with Gasteiger partial charge in [-0.3, -0.25) is 10.1 Å². The Kier molecular flexibility index (Phi) is 4.27. The maximum atomic E-state index is 11.6. The van der Waals surface area contributed by atoms with E-state index < -0.39 is 14.8 Å². The zero-order valence-corrected chi connectivity index (χ0v) is 12.4. The average Bonchev–Trinajstić information content (AvgIpc) is 2.49. The molecule has 0 aliphatic heterocycles. The topological polar surface area (TPSA) is 125 Å². The van der Waals surface area contributed by atoms with Crippen molar-refractivity contribution in [2.24, 2.45) is 0 Å². The first-order valence-electron chi connectivity index (χ1n) is 6.24. The Bertz CT molecular complexity index is 803. The van der Waals surface area contributed by atoms with Crippen LogP contribution in [0.5, 0.6) is 11.5 Å². The highest BCUT2D eigenvalue weighted by Crippen LogP contribution is 2.29. The van der Waals surface area contributed by atoms with E-state index in [1.807, 2.05) is 0 Å². The predicted octanol–water partition coefficient (Wildman–Crippen LogP) is 2.16. The summed E-state index contributed by atoms with van der Waals surface area (Å²) in [6, 6.07) is 6.76. The molecule has 0 saturated heterocycles. The Morgan fingerprint density at radius 3 is 2.50 bits per heavy atom. The fourth-order valence-electron chi connectivity index (χ4n) is 1.64. The second-order valence-electron chi connectivity index (χ2n) is 4.32. The summed E-state index contributed by atoms with van der Waals surface area (Å²) in [6.45, 7) is 1.52. The van der Waals surface area contributed by atoms with Crippen LogP contribution in [0.4, 0.5) is 11.4 Å². The zero-order chi connectivity index (χ0) is 16.3. The maximum absolute atomic E-state index is 11.6. The number of rotatable bonds is 5. The number of anilines is 1. The number of nitrogens with zero attached hydrogens (tertiary/aromatic N) is 2. The molecular formula is C13H13N3O5S. The molecule has 1 aromatic heterocycles. The van der Waals surface area contributed by atoms with E-state index in [1.165, 1.54) is 43.5 Å². The number of aromatic nitrogens is 1. The molecule has 0 fully saturated rings. The molecular weight excluding hydrogens is 310 g/mol. The van der Waals surface area contributed by atoms with Gasteiger partial charge in [0.1, 0.15) is 17.2 Å². The first kappa shape index (κ1) is 15.7. The number of hydrogen-bond donors (Lipinski definition) is 1. The third-order valence-electron chi connectivity index (χ3n) is 2.84. The number of benzene rings is 1. The van der Waals surface area contributed by atoms with Gasteiger partial charge >= 0.3 is 0 Å². The predicted molar refractivity (Wildman–Crippen MR) is 79.5 cm³/mol. The Balaban J connectivity index is 2.25. The lowest BCUT2D eigenvalue weighted by Gasteiger charge is -2.07. The number of nitrogens with two attached hydrogens (primary N) is 1. The molecule has 0 unspecified atom stereocenters. The monoisotopic (exact) mass is 323 g/mol. The summed E-state index contributed by atoms with van der Waals surface area (Å²) in [4.78, 5) is 14.0. The largest absolute Gasteiger partial charge is 0.455 e. The minimum absolute atomic E-state index is 0.0277. The van der Waals surface area contributed by atoms with E-state index in [0.717, 1.165) is 0 Å². The van der Waals surface area contributed by atoms with Crippen molar-refractivity contribution in [1.29, 1.82) is 0 Å². The summed E-state index contributed by atoms with van der Waals surface area (Å²) in [5, 5.41) is 10.8. The number of sulfone groups is 1. The van der Waals surface area contributed by atoms with Crippen LogP contribution in [0.15, 0.2) is 41.6 Å². The average molecular weight is 323 g/mol. The van der Waals surface area contributed by atoms with Crippen molar-refractivity contribution < 1.29 is 18.1 Å². The smallest absolute Gasteiger partial charge is 0.295 e. The Morgan fingerprint density at radius 2 is 1.95 bits per heavy atom. The van der Waals surface area contributed by atoms with E-state index >= 15 is 0 Å². The molecule has 9 heteroatoms. The molecule has 0 spiro atoms. The molecule has 0 radical (unpaired) electrons. The lowest BCUT2D eigenvalue weighted by molar-refractivity contribution is -0.384. The number of nitro groups is 1. The maximum Gasteiger partial charge on any atom is 0.295 e. The summed E-state index contributed by atoms with van der Waals surface area (Å²) < 4.78 is 28.7. The minimum Gasteiger partial charge on any atom is -0.455 e. The summed E-state index contributed by atoms with van der Waals surface area (Å²) in [5.41, 5.74) is 5.25. The second kappa shape index (κ2) is 5.98. The molecule has 22 heavy (non-hydrogen) atoms. The third kappa shape index (κ3) is 3.31. The van der Waals surface area contributed by atoms with Crippen LogP contribution in [-0.4, -0.2) is 24.1 Å². The third-order valence-corrected chi connectivity index (χ3v) is 4.48. The van der Waals surface area contributed by atoms with Crippen molar-refractivity contribution in [1.82, 2.24) is 4.98 Å². The molecule has 116 valence electrons. The molecule has 0 bridgehead atoms. The van der Waals surface area contributed by atoms with Crippen LogP contribution in [-0.2, 0) is 9.84 Å². The van der Waals surface area contributed by atoms with Gasteiger partial charge in [-0.15, -0.1) is 0 Å². The highest BCUT2D eigenvalue weighted by Gasteiger charge is 2.15. The summed E-state index contributed by atoms with van der Waals surface area (Å²) in [6.07, 6.45) is 1.24. The van der Waals surface area contributed by atoms with Gasteiger partial charge in [0, 0.05) is 0 Å². The Hall–Kier alpha value is -2.68. The highest BCUT2D eigenvalue weighted by molar-refractivity contribution is 7.91. The van der Waals surface area contributed by atoms with Crippen molar-refractivity contribution in [2.45, 2.75) is 11.9 Å². The van der Waals surface area contributed by atoms with Crippen molar-refractivity contribution in [3.05, 3.63) is 46.6 Å². The quantitative estimate of drug-likeness (QED) is 0.507. The molecule has 2 aromatic rings. The normalized spacial score (nSPS) is 11.1. The van der Waals surface area contributed by atoms with Crippen molar-refractivity contribution in [2.75, 3.05) is 11.5 Å². The molecule has 8 nitrogen and oxygen atoms in total. The van der Waals surface area contributed by atoms with Crippen LogP contribution < -0.4 is 10.5 Å². The molecule has 0 saturated carbocycles. The molecule has 0 aliphatic rings. The van der Waals surface area contributed by atoms with Gasteiger partial charge in [-0.25, -0.2) is 13.4 Å². The van der Waals surface area contributed by atoms with E-state index in [9.17, 15) is 18.5 Å². The van der Waals surface area contributed by atoms with Crippen molar-refractivity contribution >= 4 is 21.2 Å². The van der Waals surface area contributed by atoms with Crippen molar-refractivity contribution in [3.8, 4) is 11.5 Å². The summed E-state index contributed by atoms with van der Waals surface area (Å²) >= 11 is 0. The summed E-state index contributed by atoms with van der Waals surface area (Å²) in [5.74, 6) is 0.410. The van der Waals surface area contributed by atoms with Crippen LogP contribution >= 0.6 is 0 Å². The SMILES string of the molecule is CCS(=O)(=O)c1ccc(Oc2ccc(N)c([N+](=O)[O-])c2)cn1. The van der Waals surface area contributed by atoms with Crippen LogP contribution in [0.25, 0.3) is 0 Å². The number of nitrogen functional groups attached to an aromatic ring is 1. The number of nitro benzene ring substituents is 1. The lowest BCUT2D eigenvalue weighted by atomic mass is 10.2. The van der Waals surface area contributed by atoms with Crippen molar-refractivity contribution in [3.63, 3.8) is 0 Å². The van der Waals surface area contributed by atoms with Gasteiger partial charge in [-0.2, -0.15) is 0 Å². The van der Waals surface area contributed by atoms with Gasteiger partial charge in [0.25, 0.3) is 5.69 Å². The fourth-order valence-corrected chi connectivity index (χ4v) is 2.42.